The van der Waals surface area contributed by atoms with Crippen molar-refractivity contribution < 1.29 is 37.2 Å². The lowest BCUT2D eigenvalue weighted by Gasteiger charge is -2.49. The van der Waals surface area contributed by atoms with Gasteiger partial charge >= 0.3 is 11.9 Å². The van der Waals surface area contributed by atoms with Gasteiger partial charge in [-0.25, -0.2) is 0 Å². The second-order valence-corrected chi connectivity index (χ2v) is 14.7. The minimum atomic E-state index is -4.81. The predicted molar refractivity (Wildman–Crippen MR) is 171 cm³/mol. The number of methoxy groups -OCH3 is 1. The van der Waals surface area contributed by atoms with Crippen LogP contribution in [0.1, 0.15) is 76.8 Å². The number of allylic oxidation sites excluding steroid dienone is 4. The Labute approximate surface area is 280 Å². The fraction of sp³-hybridized carbons (Fsp3) is 0.471. The molecule has 0 radical (unpaired) electrons. The molecule has 0 saturated heterocycles. The Hall–Kier alpha value is -3.41. The highest BCUT2D eigenvalue weighted by molar-refractivity contribution is 6.37. The van der Waals surface area contributed by atoms with Crippen LogP contribution in [-0.2, 0) is 20.5 Å². The number of Topliss-reactive ketones (excluding diaryl/α,β-unsaturated/α-hetero) is 2. The summed E-state index contributed by atoms with van der Waals surface area (Å²) in [5, 5.41) is 11.5. The van der Waals surface area contributed by atoms with E-state index in [9.17, 15) is 32.9 Å². The Morgan fingerprint density at radius 2 is 1.47 bits per heavy atom. The number of rotatable bonds is 8. The Kier molecular flexibility index (Phi) is 9.33. The number of carbonyl (C=O) groups excluding carboxylic acids is 2. The van der Waals surface area contributed by atoms with Gasteiger partial charge in [-0.3, -0.25) is 19.7 Å². The molecule has 5 rings (SSSR count). The molecule has 0 bridgehead atoms. The molecule has 8 nitrogen and oxygen atoms in total. The van der Waals surface area contributed by atoms with Gasteiger partial charge in [-0.1, -0.05) is 50.9 Å². The molecule has 0 N–H and O–H groups in total. The predicted octanol–water partition coefficient (Wildman–Crippen LogP) is 9.43. The van der Waals surface area contributed by atoms with Crippen LogP contribution >= 0.6 is 23.2 Å². The molecule has 1 aliphatic heterocycles. The highest BCUT2D eigenvalue weighted by atomic mass is 35.5. The van der Waals surface area contributed by atoms with Gasteiger partial charge in [0.15, 0.2) is 17.3 Å². The van der Waals surface area contributed by atoms with Crippen molar-refractivity contribution in [2.75, 3.05) is 20.3 Å². The summed E-state index contributed by atoms with van der Waals surface area (Å²) < 4.78 is 50.7. The summed E-state index contributed by atoms with van der Waals surface area (Å²) in [4.78, 5) is 40.8. The highest BCUT2D eigenvalue weighted by Gasteiger charge is 2.49. The van der Waals surface area contributed by atoms with Crippen molar-refractivity contribution in [3.05, 3.63) is 84.2 Å². The van der Waals surface area contributed by atoms with E-state index in [1.807, 2.05) is 27.7 Å². The number of alkyl halides is 3. The molecule has 0 amide bonds. The molecular weight excluding hydrogens is 660 g/mol. The van der Waals surface area contributed by atoms with Crippen LogP contribution in [0.5, 0.6) is 11.5 Å². The number of ketones is 2. The van der Waals surface area contributed by atoms with Gasteiger partial charge in [0, 0.05) is 67.6 Å². The molecule has 0 fully saturated rings. The Balaban J connectivity index is 1.65. The first-order valence-electron chi connectivity index (χ1n) is 15.1. The first-order chi connectivity index (χ1) is 21.8. The van der Waals surface area contributed by atoms with Crippen LogP contribution in [0.2, 0.25) is 10.0 Å². The van der Waals surface area contributed by atoms with Crippen molar-refractivity contribution >= 4 is 40.5 Å². The van der Waals surface area contributed by atoms with Gasteiger partial charge in [-0.05, 0) is 59.9 Å². The largest absolute Gasteiger partial charge is 0.447 e. The first-order valence-corrected chi connectivity index (χ1v) is 15.9. The summed E-state index contributed by atoms with van der Waals surface area (Å²) in [7, 11) is 1.62. The van der Waals surface area contributed by atoms with Crippen LogP contribution in [-0.4, -0.2) is 41.7 Å². The monoisotopic (exact) mass is 694 g/mol. The number of carbonyl (C=O) groups is 2. The summed E-state index contributed by atoms with van der Waals surface area (Å²) in [5.41, 5.74) is 0.394. The molecule has 2 aliphatic carbocycles. The molecule has 1 heterocycles. The molecular formula is C34H35Cl2F3N2O6. The normalized spacial score (nSPS) is 19.6. The Morgan fingerprint density at radius 1 is 0.936 bits per heavy atom. The van der Waals surface area contributed by atoms with Crippen molar-refractivity contribution in [1.82, 2.24) is 4.90 Å². The zero-order valence-electron chi connectivity index (χ0n) is 26.6. The number of nitro groups is 1. The minimum Gasteiger partial charge on any atom is -0.447 e. The second-order valence-electron chi connectivity index (χ2n) is 13.9. The molecule has 2 aromatic carbocycles. The average molecular weight is 696 g/mol. The summed E-state index contributed by atoms with van der Waals surface area (Å²) in [5.74, 6) is -1.65. The molecule has 0 spiro atoms. The quantitative estimate of drug-likeness (QED) is 0.154. The standard InChI is InChI=1S/C34H35Cl2F3N2O6/c1-32(2)14-23-29(25(42)16-32)28(30-24(40(23)9-6-10-46-5)15-33(3,4)17-26(30)43)18-11-20(35)31(21(36)12-18)47-27-8-7-19(34(37,38)39)13-22(27)41(44)45/h7-8,11-13,28H,6,9-10,14-17H2,1-5H3. The lowest BCUT2D eigenvalue weighted by Crippen LogP contribution is -2.44. The van der Waals surface area contributed by atoms with E-state index >= 15 is 0 Å². The van der Waals surface area contributed by atoms with Crippen LogP contribution < -0.4 is 4.74 Å². The maximum Gasteiger partial charge on any atom is 0.416 e. The van der Waals surface area contributed by atoms with Crippen molar-refractivity contribution in [2.24, 2.45) is 10.8 Å². The zero-order valence-corrected chi connectivity index (χ0v) is 28.2. The molecule has 0 aromatic heterocycles. The van der Waals surface area contributed by atoms with E-state index in [-0.39, 0.29) is 51.0 Å². The van der Waals surface area contributed by atoms with E-state index in [4.69, 9.17) is 32.7 Å². The Morgan fingerprint density at radius 3 is 1.94 bits per heavy atom. The van der Waals surface area contributed by atoms with Gasteiger partial charge < -0.3 is 14.4 Å². The van der Waals surface area contributed by atoms with Crippen LogP contribution in [0.3, 0.4) is 0 Å². The third-order valence-electron chi connectivity index (χ3n) is 8.80. The molecule has 13 heteroatoms. The fourth-order valence-corrected chi connectivity index (χ4v) is 7.48. The van der Waals surface area contributed by atoms with Gasteiger partial charge in [0.1, 0.15) is 0 Å². The lowest BCUT2D eigenvalue weighted by atomic mass is 9.63. The van der Waals surface area contributed by atoms with E-state index < -0.39 is 34.0 Å². The second kappa shape index (κ2) is 12.6. The van der Waals surface area contributed by atoms with Crippen LogP contribution in [0.25, 0.3) is 0 Å². The van der Waals surface area contributed by atoms with Crippen molar-refractivity contribution in [3.8, 4) is 11.5 Å². The maximum absolute atomic E-state index is 14.0. The summed E-state index contributed by atoms with van der Waals surface area (Å²) >= 11 is 13.4. The SMILES string of the molecule is COCCCN1C2=C(C(=O)CC(C)(C)C2)C(c2cc(Cl)c(Oc3ccc(C(F)(F)F)cc3[N+](=O)[O-])c(Cl)c2)C2=C1CC(C)(C)CC2=O. The topological polar surface area (TPSA) is 99.0 Å². The maximum atomic E-state index is 14.0. The number of benzene rings is 2. The number of nitro benzene ring substituents is 1. The molecule has 0 unspecified atom stereocenters. The number of halogens is 5. The molecule has 3 aliphatic rings. The number of ether oxygens (including phenoxy) is 2. The van der Waals surface area contributed by atoms with E-state index in [0.717, 1.165) is 17.5 Å². The average Bonchev–Trinajstić information content (AvgIpc) is 2.93. The molecule has 0 saturated carbocycles. The van der Waals surface area contributed by atoms with Crippen LogP contribution in [0.4, 0.5) is 18.9 Å². The fourth-order valence-electron chi connectivity index (χ4n) is 6.89. The van der Waals surface area contributed by atoms with Gasteiger partial charge in [0.05, 0.1) is 20.5 Å². The van der Waals surface area contributed by atoms with Gasteiger partial charge in [-0.2, -0.15) is 13.2 Å². The van der Waals surface area contributed by atoms with E-state index in [1.165, 1.54) is 12.1 Å². The molecule has 252 valence electrons. The molecule has 0 atom stereocenters. The van der Waals surface area contributed by atoms with Crippen molar-refractivity contribution in [3.63, 3.8) is 0 Å². The summed E-state index contributed by atoms with van der Waals surface area (Å²) in [6.45, 7) is 9.22. The lowest BCUT2D eigenvalue weighted by molar-refractivity contribution is -0.385. The van der Waals surface area contributed by atoms with Gasteiger partial charge in [0.2, 0.25) is 5.75 Å². The van der Waals surface area contributed by atoms with Gasteiger partial charge in [-0.15, -0.1) is 0 Å². The highest BCUT2D eigenvalue weighted by Crippen LogP contribution is 2.55. The zero-order chi connectivity index (χ0) is 34.6. The van der Waals surface area contributed by atoms with E-state index in [2.05, 4.69) is 4.90 Å². The third kappa shape index (κ3) is 6.93. The van der Waals surface area contributed by atoms with Gasteiger partial charge in [0.25, 0.3) is 0 Å². The molecule has 2 aromatic rings. The Bertz CT molecular complexity index is 1650. The number of nitrogens with zero attached hydrogens (tertiary/aromatic N) is 2. The van der Waals surface area contributed by atoms with Crippen molar-refractivity contribution in [1.29, 1.82) is 0 Å². The minimum absolute atomic E-state index is 0.0878. The van der Waals surface area contributed by atoms with Crippen LogP contribution in [0, 0.1) is 20.9 Å². The third-order valence-corrected chi connectivity index (χ3v) is 9.36. The van der Waals surface area contributed by atoms with E-state index in [1.54, 1.807) is 7.11 Å². The van der Waals surface area contributed by atoms with E-state index in [0.29, 0.717) is 61.3 Å². The number of hydrogen-bond donors (Lipinski definition) is 0. The first kappa shape index (κ1) is 34.9. The van der Waals surface area contributed by atoms with Crippen LogP contribution in [0.15, 0.2) is 52.9 Å². The van der Waals surface area contributed by atoms with Crippen molar-refractivity contribution in [2.45, 2.75) is 71.9 Å². The number of hydrogen-bond acceptors (Lipinski definition) is 7. The summed E-state index contributed by atoms with van der Waals surface area (Å²) in [6, 6.07) is 4.87. The smallest absolute Gasteiger partial charge is 0.416 e. The molecule has 47 heavy (non-hydrogen) atoms. The summed E-state index contributed by atoms with van der Waals surface area (Å²) in [6.07, 6.45) is -2.38.